The maximum absolute atomic E-state index is 13.3. The van der Waals surface area contributed by atoms with Crippen LogP contribution in [0.5, 0.6) is 0 Å². The molecule has 22 heavy (non-hydrogen) atoms. The Balaban J connectivity index is 1.54. The van der Waals surface area contributed by atoms with E-state index in [2.05, 4.69) is 15.4 Å². The predicted octanol–water partition coefficient (Wildman–Crippen LogP) is 2.52. The third kappa shape index (κ3) is 3.27. The first-order chi connectivity index (χ1) is 10.6. The minimum Gasteiger partial charge on any atom is -0.371 e. The Morgan fingerprint density at radius 3 is 2.77 bits per heavy atom. The highest BCUT2D eigenvalue weighted by Crippen LogP contribution is 2.21. The van der Waals surface area contributed by atoms with Crippen LogP contribution in [0, 0.1) is 12.7 Å². The third-order valence-corrected chi connectivity index (χ3v) is 3.86. The molecule has 2 aromatic rings. The lowest BCUT2D eigenvalue weighted by Crippen LogP contribution is -2.44. The van der Waals surface area contributed by atoms with Crippen LogP contribution in [0.1, 0.15) is 29.1 Å². The van der Waals surface area contributed by atoms with E-state index in [9.17, 15) is 9.18 Å². The van der Waals surface area contributed by atoms with Crippen LogP contribution in [0.4, 0.5) is 10.1 Å². The van der Waals surface area contributed by atoms with E-state index in [0.29, 0.717) is 5.69 Å². The van der Waals surface area contributed by atoms with Gasteiger partial charge >= 0.3 is 0 Å². The van der Waals surface area contributed by atoms with Gasteiger partial charge in [0, 0.05) is 30.9 Å². The molecule has 0 bridgehead atoms. The molecule has 0 atom stereocenters. The molecule has 3 rings (SSSR count). The molecule has 1 aromatic heterocycles. The monoisotopic (exact) mass is 303 g/mol. The second-order valence-corrected chi connectivity index (χ2v) is 5.55. The first-order valence-corrected chi connectivity index (χ1v) is 7.36. The van der Waals surface area contributed by atoms with E-state index in [0.717, 1.165) is 31.6 Å². The Kier molecular flexibility index (Phi) is 4.09. The largest absolute Gasteiger partial charge is 0.371 e. The maximum atomic E-state index is 13.3. The van der Waals surface area contributed by atoms with Crippen molar-refractivity contribution in [1.29, 1.82) is 0 Å². The van der Waals surface area contributed by atoms with Gasteiger partial charge in [-0.2, -0.15) is 0 Å². The number of anilines is 1. The van der Waals surface area contributed by atoms with Gasteiger partial charge in [-0.05, 0) is 38.0 Å². The van der Waals surface area contributed by atoms with Crippen LogP contribution in [0.3, 0.4) is 0 Å². The fraction of sp³-hybridized carbons (Fsp3) is 0.375. The van der Waals surface area contributed by atoms with E-state index < -0.39 is 0 Å². The fourth-order valence-electron chi connectivity index (χ4n) is 2.68. The van der Waals surface area contributed by atoms with Crippen LogP contribution >= 0.6 is 0 Å². The van der Waals surface area contributed by atoms with Gasteiger partial charge in [0.1, 0.15) is 5.82 Å². The summed E-state index contributed by atoms with van der Waals surface area (Å²) in [6.45, 7) is 3.34. The lowest BCUT2D eigenvalue weighted by Gasteiger charge is -2.33. The van der Waals surface area contributed by atoms with Gasteiger partial charge in [0.05, 0.1) is 5.69 Å². The van der Waals surface area contributed by atoms with Crippen molar-refractivity contribution < 1.29 is 13.7 Å². The van der Waals surface area contributed by atoms with Crippen molar-refractivity contribution in [2.24, 2.45) is 0 Å². The van der Waals surface area contributed by atoms with E-state index in [1.165, 1.54) is 12.1 Å². The van der Waals surface area contributed by atoms with Gasteiger partial charge in [0.15, 0.2) is 0 Å². The van der Waals surface area contributed by atoms with Gasteiger partial charge in [0.2, 0.25) is 5.76 Å². The van der Waals surface area contributed by atoms with Gasteiger partial charge < -0.3 is 14.7 Å². The number of piperidine rings is 1. The molecule has 0 saturated carbocycles. The van der Waals surface area contributed by atoms with Crippen LogP contribution < -0.4 is 10.2 Å². The summed E-state index contributed by atoms with van der Waals surface area (Å²) in [6, 6.07) is 8.32. The minimum absolute atomic E-state index is 0.0997. The Morgan fingerprint density at radius 2 is 2.14 bits per heavy atom. The molecular formula is C16H18FN3O2. The topological polar surface area (TPSA) is 58.4 Å². The van der Waals surface area contributed by atoms with Crippen molar-refractivity contribution in [3.05, 3.63) is 47.6 Å². The van der Waals surface area contributed by atoms with Crippen LogP contribution in [0.2, 0.25) is 0 Å². The second-order valence-electron chi connectivity index (χ2n) is 5.55. The molecule has 5 nitrogen and oxygen atoms in total. The molecule has 1 aliphatic heterocycles. The van der Waals surface area contributed by atoms with Crippen molar-refractivity contribution in [3.8, 4) is 0 Å². The molecule has 0 unspecified atom stereocenters. The van der Waals surface area contributed by atoms with Gasteiger partial charge in [-0.3, -0.25) is 4.79 Å². The number of halogens is 1. The highest BCUT2D eigenvalue weighted by atomic mass is 19.1. The van der Waals surface area contributed by atoms with Gasteiger partial charge in [-0.15, -0.1) is 0 Å². The van der Waals surface area contributed by atoms with Crippen LogP contribution in [-0.2, 0) is 0 Å². The number of carbonyl (C=O) groups is 1. The number of nitrogens with one attached hydrogen (secondary N) is 1. The molecule has 1 saturated heterocycles. The quantitative estimate of drug-likeness (QED) is 0.946. The Morgan fingerprint density at radius 1 is 1.36 bits per heavy atom. The molecule has 1 aromatic carbocycles. The molecule has 1 amide bonds. The number of aryl methyl sites for hydroxylation is 1. The summed E-state index contributed by atoms with van der Waals surface area (Å²) in [6.07, 6.45) is 1.63. The van der Waals surface area contributed by atoms with Crippen molar-refractivity contribution in [2.45, 2.75) is 25.8 Å². The predicted molar refractivity (Wildman–Crippen MR) is 80.3 cm³/mol. The van der Waals surface area contributed by atoms with Crippen molar-refractivity contribution in [3.63, 3.8) is 0 Å². The van der Waals surface area contributed by atoms with E-state index in [4.69, 9.17) is 4.52 Å². The number of hydrogen-bond acceptors (Lipinski definition) is 4. The summed E-state index contributed by atoms with van der Waals surface area (Å²) in [7, 11) is 0. The SMILES string of the molecule is Cc1cc(C(=O)NC2CCN(c3cccc(F)c3)CC2)on1. The maximum Gasteiger partial charge on any atom is 0.290 e. The fourth-order valence-corrected chi connectivity index (χ4v) is 2.68. The molecule has 1 N–H and O–H groups in total. The number of nitrogens with zero attached hydrogens (tertiary/aromatic N) is 2. The lowest BCUT2D eigenvalue weighted by molar-refractivity contribution is 0.0893. The van der Waals surface area contributed by atoms with E-state index in [1.54, 1.807) is 19.1 Å². The first-order valence-electron chi connectivity index (χ1n) is 7.36. The highest BCUT2D eigenvalue weighted by molar-refractivity contribution is 5.91. The zero-order chi connectivity index (χ0) is 15.5. The number of amides is 1. The van der Waals surface area contributed by atoms with Crippen molar-refractivity contribution in [1.82, 2.24) is 10.5 Å². The summed E-state index contributed by atoms with van der Waals surface area (Å²) in [5.74, 6) is -0.219. The summed E-state index contributed by atoms with van der Waals surface area (Å²) >= 11 is 0. The Labute approximate surface area is 128 Å². The number of aromatic nitrogens is 1. The van der Waals surface area contributed by atoms with Gasteiger partial charge in [0.25, 0.3) is 5.91 Å². The molecule has 116 valence electrons. The molecule has 1 aliphatic rings. The summed E-state index contributed by atoms with van der Waals surface area (Å²) < 4.78 is 18.2. The number of rotatable bonds is 3. The van der Waals surface area contributed by atoms with E-state index >= 15 is 0 Å². The summed E-state index contributed by atoms with van der Waals surface area (Å²) in [5, 5.41) is 6.67. The molecule has 0 aliphatic carbocycles. The normalized spacial score (nSPS) is 15.8. The number of carbonyl (C=O) groups excluding carboxylic acids is 1. The lowest BCUT2D eigenvalue weighted by atomic mass is 10.0. The molecule has 0 radical (unpaired) electrons. The number of hydrogen-bond donors (Lipinski definition) is 1. The number of benzene rings is 1. The standard InChI is InChI=1S/C16H18FN3O2/c1-11-9-15(22-19-11)16(21)18-13-5-7-20(8-6-13)14-4-2-3-12(17)10-14/h2-4,9-10,13H,5-8H2,1H3,(H,18,21). The van der Waals surface area contributed by atoms with Crippen LogP contribution in [0.25, 0.3) is 0 Å². The average molecular weight is 303 g/mol. The van der Waals surface area contributed by atoms with E-state index in [1.807, 2.05) is 6.07 Å². The van der Waals surface area contributed by atoms with Crippen LogP contribution in [0.15, 0.2) is 34.9 Å². The minimum atomic E-state index is -0.232. The Hall–Kier alpha value is -2.37. The molecular weight excluding hydrogens is 285 g/mol. The molecule has 0 spiro atoms. The molecule has 2 heterocycles. The summed E-state index contributed by atoms with van der Waals surface area (Å²) in [4.78, 5) is 14.1. The average Bonchev–Trinajstić information content (AvgIpc) is 2.95. The molecule has 6 heteroatoms. The zero-order valence-electron chi connectivity index (χ0n) is 12.4. The van der Waals surface area contributed by atoms with Gasteiger partial charge in [-0.1, -0.05) is 11.2 Å². The molecule has 1 fully saturated rings. The highest BCUT2D eigenvalue weighted by Gasteiger charge is 2.22. The van der Waals surface area contributed by atoms with Crippen molar-refractivity contribution in [2.75, 3.05) is 18.0 Å². The zero-order valence-corrected chi connectivity index (χ0v) is 12.4. The smallest absolute Gasteiger partial charge is 0.290 e. The van der Waals surface area contributed by atoms with Gasteiger partial charge in [-0.25, -0.2) is 4.39 Å². The third-order valence-electron chi connectivity index (χ3n) is 3.86. The van der Waals surface area contributed by atoms with Crippen LogP contribution in [-0.4, -0.2) is 30.2 Å². The first kappa shape index (κ1) is 14.6. The summed E-state index contributed by atoms with van der Waals surface area (Å²) in [5.41, 5.74) is 1.57. The Bertz CT molecular complexity index is 663. The van der Waals surface area contributed by atoms with E-state index in [-0.39, 0.29) is 23.5 Å². The second kappa shape index (κ2) is 6.17. The van der Waals surface area contributed by atoms with Crippen molar-refractivity contribution >= 4 is 11.6 Å².